The van der Waals surface area contributed by atoms with Gasteiger partial charge in [0.25, 0.3) is 0 Å². The van der Waals surface area contributed by atoms with Gasteiger partial charge in [-0.1, -0.05) is 80.5 Å². The van der Waals surface area contributed by atoms with E-state index in [1.54, 1.807) is 0 Å². The largest absolute Gasteiger partial charge is 0.300 e. The third kappa shape index (κ3) is 4.70. The van der Waals surface area contributed by atoms with Crippen LogP contribution in [0.2, 0.25) is 0 Å². The van der Waals surface area contributed by atoms with Crippen LogP contribution in [0.15, 0.2) is 83.2 Å². The van der Waals surface area contributed by atoms with Gasteiger partial charge in [0, 0.05) is 29.6 Å². The minimum absolute atomic E-state index is 0.455. The van der Waals surface area contributed by atoms with Gasteiger partial charge in [-0.2, -0.15) is 0 Å². The Labute approximate surface area is 176 Å². The van der Waals surface area contributed by atoms with Gasteiger partial charge in [-0.3, -0.25) is 4.57 Å². The third-order valence-corrected chi connectivity index (χ3v) is 5.68. The van der Waals surface area contributed by atoms with Gasteiger partial charge in [-0.25, -0.2) is 4.98 Å². The topological polar surface area (TPSA) is 17.8 Å². The van der Waals surface area contributed by atoms with Crippen LogP contribution in [0.5, 0.6) is 0 Å². The Balaban J connectivity index is 2.10. The SMILES string of the molecule is CCC1=C(n2ccnc2-c2ccccc2)C(C(C)C)=CC(/C(C)=C/C=C(C)C)C1. The molecule has 0 aliphatic heterocycles. The Hall–Kier alpha value is -2.61. The maximum absolute atomic E-state index is 4.71. The number of hydrogen-bond acceptors (Lipinski definition) is 1. The van der Waals surface area contributed by atoms with Crippen LogP contribution in [0.4, 0.5) is 0 Å². The van der Waals surface area contributed by atoms with Gasteiger partial charge in [0.1, 0.15) is 5.82 Å². The first-order valence-corrected chi connectivity index (χ1v) is 10.8. The van der Waals surface area contributed by atoms with Gasteiger partial charge >= 0.3 is 0 Å². The lowest BCUT2D eigenvalue weighted by molar-refractivity contribution is 0.669. The second-order valence-electron chi connectivity index (χ2n) is 8.53. The van der Waals surface area contributed by atoms with Gasteiger partial charge in [-0.15, -0.1) is 0 Å². The van der Waals surface area contributed by atoms with Crippen LogP contribution in [0, 0.1) is 11.8 Å². The minimum atomic E-state index is 0.455. The molecule has 29 heavy (non-hydrogen) atoms. The average Bonchev–Trinajstić information content (AvgIpc) is 3.20. The van der Waals surface area contributed by atoms with Crippen LogP contribution in [-0.4, -0.2) is 9.55 Å². The van der Waals surface area contributed by atoms with Crippen molar-refractivity contribution in [3.63, 3.8) is 0 Å². The van der Waals surface area contributed by atoms with Gasteiger partial charge < -0.3 is 0 Å². The van der Waals surface area contributed by atoms with Crippen molar-refractivity contribution in [2.24, 2.45) is 11.8 Å². The molecule has 0 amide bonds. The van der Waals surface area contributed by atoms with Crippen LogP contribution in [0.3, 0.4) is 0 Å². The van der Waals surface area contributed by atoms with Crippen LogP contribution in [0.1, 0.15) is 54.4 Å². The Morgan fingerprint density at radius 1 is 1.14 bits per heavy atom. The van der Waals surface area contributed by atoms with E-state index in [2.05, 4.69) is 101 Å². The second kappa shape index (κ2) is 9.26. The van der Waals surface area contributed by atoms with E-state index in [0.29, 0.717) is 11.8 Å². The normalized spacial score (nSPS) is 17.6. The van der Waals surface area contributed by atoms with Crippen molar-refractivity contribution in [2.75, 3.05) is 0 Å². The van der Waals surface area contributed by atoms with Crippen LogP contribution in [0.25, 0.3) is 17.1 Å². The summed E-state index contributed by atoms with van der Waals surface area (Å²) in [5, 5.41) is 0. The van der Waals surface area contributed by atoms with E-state index in [0.717, 1.165) is 24.2 Å². The molecule has 1 aromatic carbocycles. The van der Waals surface area contributed by atoms with Crippen molar-refractivity contribution < 1.29 is 0 Å². The highest BCUT2D eigenvalue weighted by molar-refractivity contribution is 5.75. The van der Waals surface area contributed by atoms with Crippen LogP contribution < -0.4 is 0 Å². The monoisotopic (exact) mass is 386 g/mol. The summed E-state index contributed by atoms with van der Waals surface area (Å²) in [4.78, 5) is 4.71. The highest BCUT2D eigenvalue weighted by Crippen LogP contribution is 2.41. The summed E-state index contributed by atoms with van der Waals surface area (Å²) in [6, 6.07) is 10.5. The number of hydrogen-bond donors (Lipinski definition) is 0. The molecule has 1 aliphatic rings. The predicted octanol–water partition coefficient (Wildman–Crippen LogP) is 7.69. The molecule has 2 nitrogen and oxygen atoms in total. The lowest BCUT2D eigenvalue weighted by Gasteiger charge is -2.30. The van der Waals surface area contributed by atoms with Crippen molar-refractivity contribution in [2.45, 2.75) is 54.4 Å². The summed E-state index contributed by atoms with van der Waals surface area (Å²) in [5.74, 6) is 1.94. The molecule has 1 atom stereocenters. The quantitative estimate of drug-likeness (QED) is 0.465. The highest BCUT2D eigenvalue weighted by atomic mass is 15.1. The third-order valence-electron chi connectivity index (χ3n) is 5.68. The zero-order chi connectivity index (χ0) is 21.0. The molecular formula is C27H34N2. The van der Waals surface area contributed by atoms with Crippen molar-refractivity contribution >= 4 is 5.70 Å². The fraction of sp³-hybridized carbons (Fsp3) is 0.370. The molecule has 0 spiro atoms. The summed E-state index contributed by atoms with van der Waals surface area (Å²) in [7, 11) is 0. The van der Waals surface area contributed by atoms with E-state index in [1.807, 2.05) is 6.20 Å². The summed E-state index contributed by atoms with van der Waals surface area (Å²) in [5.41, 5.74) is 8.23. The first-order chi connectivity index (χ1) is 13.9. The fourth-order valence-electron chi connectivity index (χ4n) is 4.01. The summed E-state index contributed by atoms with van der Waals surface area (Å²) in [6.07, 6.45) is 13.2. The number of nitrogens with zero attached hydrogens (tertiary/aromatic N) is 2. The Kier molecular flexibility index (Phi) is 6.74. The Morgan fingerprint density at radius 3 is 2.48 bits per heavy atom. The summed E-state index contributed by atoms with van der Waals surface area (Å²) >= 11 is 0. The van der Waals surface area contributed by atoms with Gasteiger partial charge in [0.2, 0.25) is 0 Å². The lowest BCUT2D eigenvalue weighted by atomic mass is 9.79. The van der Waals surface area contributed by atoms with E-state index < -0.39 is 0 Å². The molecule has 0 saturated carbocycles. The maximum atomic E-state index is 4.71. The molecule has 1 aromatic heterocycles. The molecule has 1 heterocycles. The number of rotatable bonds is 6. The van der Waals surface area contributed by atoms with E-state index in [1.165, 1.54) is 28.0 Å². The van der Waals surface area contributed by atoms with E-state index in [9.17, 15) is 0 Å². The first-order valence-electron chi connectivity index (χ1n) is 10.8. The van der Waals surface area contributed by atoms with Crippen molar-refractivity contribution in [1.29, 1.82) is 0 Å². The Bertz CT molecular complexity index is 961. The zero-order valence-electron chi connectivity index (χ0n) is 18.7. The van der Waals surface area contributed by atoms with Crippen LogP contribution in [-0.2, 0) is 0 Å². The summed E-state index contributed by atoms with van der Waals surface area (Å²) < 4.78 is 2.31. The highest BCUT2D eigenvalue weighted by Gasteiger charge is 2.26. The van der Waals surface area contributed by atoms with Gasteiger partial charge in [-0.05, 0) is 50.7 Å². The molecule has 2 heteroatoms. The Morgan fingerprint density at radius 2 is 1.86 bits per heavy atom. The number of aromatic nitrogens is 2. The second-order valence-corrected chi connectivity index (χ2v) is 8.53. The molecule has 0 bridgehead atoms. The molecule has 1 aliphatic carbocycles. The number of imidazole rings is 1. The zero-order valence-corrected chi connectivity index (χ0v) is 18.7. The molecular weight excluding hydrogens is 352 g/mol. The van der Waals surface area contributed by atoms with E-state index >= 15 is 0 Å². The summed E-state index contributed by atoms with van der Waals surface area (Å²) in [6.45, 7) is 13.5. The molecule has 3 rings (SSSR count). The standard InChI is InChI=1S/C27H34N2/c1-7-22-17-24(21(6)14-13-19(2)3)18-25(20(4)5)26(22)29-16-15-28-27(29)23-11-9-8-10-12-23/h8-16,18,20,24H,7,17H2,1-6H3/b21-14+. The lowest BCUT2D eigenvalue weighted by Crippen LogP contribution is -2.17. The smallest absolute Gasteiger partial charge is 0.144 e. The van der Waals surface area contributed by atoms with Crippen molar-refractivity contribution in [1.82, 2.24) is 9.55 Å². The first kappa shape index (κ1) is 21.1. The van der Waals surface area contributed by atoms with Crippen molar-refractivity contribution in [3.05, 3.63) is 83.2 Å². The maximum Gasteiger partial charge on any atom is 0.144 e. The van der Waals surface area contributed by atoms with Gasteiger partial charge in [0.15, 0.2) is 0 Å². The molecule has 0 saturated heterocycles. The number of benzene rings is 1. The average molecular weight is 387 g/mol. The van der Waals surface area contributed by atoms with E-state index in [-0.39, 0.29) is 0 Å². The molecule has 152 valence electrons. The minimum Gasteiger partial charge on any atom is -0.300 e. The molecule has 0 N–H and O–H groups in total. The van der Waals surface area contributed by atoms with E-state index in [4.69, 9.17) is 4.98 Å². The molecule has 2 aromatic rings. The predicted molar refractivity (Wildman–Crippen MR) is 125 cm³/mol. The number of allylic oxidation sites excluding steroid dienone is 8. The molecule has 1 unspecified atom stereocenters. The molecule has 0 radical (unpaired) electrons. The van der Waals surface area contributed by atoms with Crippen molar-refractivity contribution in [3.8, 4) is 11.4 Å². The van der Waals surface area contributed by atoms with Crippen LogP contribution >= 0.6 is 0 Å². The van der Waals surface area contributed by atoms with Gasteiger partial charge in [0.05, 0.1) is 0 Å². The fourth-order valence-corrected chi connectivity index (χ4v) is 4.01. The molecule has 0 fully saturated rings.